The molecule has 3 aromatic heterocycles. The second kappa shape index (κ2) is 7.44. The fourth-order valence-electron chi connectivity index (χ4n) is 3.38. The molecule has 4 aromatic rings. The number of nitrogens with one attached hydrogen (secondary N) is 1. The first-order valence-electron chi connectivity index (χ1n) is 9.54. The van der Waals surface area contributed by atoms with E-state index in [2.05, 4.69) is 28.9 Å². The second-order valence-electron chi connectivity index (χ2n) is 7.68. The minimum absolute atomic E-state index is 0.0995. The van der Waals surface area contributed by atoms with Gasteiger partial charge in [0.25, 0.3) is 11.5 Å². The zero-order valence-electron chi connectivity index (χ0n) is 16.9. The van der Waals surface area contributed by atoms with Crippen molar-refractivity contribution in [2.24, 2.45) is 5.92 Å². The molecule has 0 saturated carbocycles. The number of carbonyl (C=O) groups is 1. The summed E-state index contributed by atoms with van der Waals surface area (Å²) in [4.78, 5) is 35.8. The first-order chi connectivity index (χ1) is 13.8. The highest BCUT2D eigenvalue weighted by atomic mass is 32.1. The summed E-state index contributed by atoms with van der Waals surface area (Å²) in [6, 6.07) is 9.09. The summed E-state index contributed by atoms with van der Waals surface area (Å²) in [5, 5.41) is 6.15. The van der Waals surface area contributed by atoms with Crippen LogP contribution in [0.2, 0.25) is 0 Å². The van der Waals surface area contributed by atoms with Crippen LogP contribution in [0.4, 0.5) is 0 Å². The van der Waals surface area contributed by atoms with Crippen molar-refractivity contribution in [1.29, 1.82) is 0 Å². The Kier molecular flexibility index (Phi) is 4.96. The number of para-hydroxylation sites is 1. The molecule has 29 heavy (non-hydrogen) atoms. The topological polar surface area (TPSA) is 83.9 Å². The van der Waals surface area contributed by atoms with Gasteiger partial charge in [0.05, 0.1) is 28.0 Å². The van der Waals surface area contributed by atoms with E-state index < -0.39 is 0 Å². The number of nitrogens with zero attached hydrogens (tertiary/aromatic N) is 4. The first-order valence-corrected chi connectivity index (χ1v) is 10.4. The van der Waals surface area contributed by atoms with Gasteiger partial charge in [0.2, 0.25) is 0 Å². The summed E-state index contributed by atoms with van der Waals surface area (Å²) in [5.41, 5.74) is 1.36. The molecule has 0 saturated heterocycles. The summed E-state index contributed by atoms with van der Waals surface area (Å²) < 4.78 is 1.99. The minimum Gasteiger partial charge on any atom is -0.334 e. The number of hydrogen-bond donors (Lipinski definition) is 1. The van der Waals surface area contributed by atoms with E-state index in [1.165, 1.54) is 11.3 Å². The maximum absolute atomic E-state index is 13.0. The molecule has 7 nitrogen and oxygen atoms in total. The van der Waals surface area contributed by atoms with Crippen molar-refractivity contribution >= 4 is 38.4 Å². The van der Waals surface area contributed by atoms with Crippen molar-refractivity contribution in [2.75, 3.05) is 7.05 Å². The number of hydrogen-bond acceptors (Lipinski definition) is 5. The number of amides is 1. The van der Waals surface area contributed by atoms with Crippen LogP contribution in [0.3, 0.4) is 0 Å². The van der Waals surface area contributed by atoms with Gasteiger partial charge < -0.3 is 9.88 Å². The van der Waals surface area contributed by atoms with E-state index in [9.17, 15) is 9.59 Å². The van der Waals surface area contributed by atoms with E-state index in [1.54, 1.807) is 30.1 Å². The van der Waals surface area contributed by atoms with Crippen LogP contribution in [0.5, 0.6) is 0 Å². The van der Waals surface area contributed by atoms with Crippen LogP contribution < -0.4 is 5.56 Å². The van der Waals surface area contributed by atoms with Gasteiger partial charge in [-0.2, -0.15) is 5.10 Å². The summed E-state index contributed by atoms with van der Waals surface area (Å²) in [6.45, 7) is 7.30. The Morgan fingerprint density at radius 1 is 1.28 bits per heavy atom. The average Bonchev–Trinajstić information content (AvgIpc) is 3.22. The molecule has 150 valence electrons. The van der Waals surface area contributed by atoms with Crippen LogP contribution in [0, 0.1) is 12.8 Å². The standard InChI is InChI=1S/C21H23N5O2S/c1-12(2)10-26-21-15(13(3)24-26)9-17(29-21)20(28)25(4)11-18-22-16-8-6-5-7-14(16)19(27)23-18/h5-9,12H,10-11H2,1-4H3,(H,22,23,27). The lowest BCUT2D eigenvalue weighted by molar-refractivity contribution is 0.0786. The van der Waals surface area contributed by atoms with Crippen molar-refractivity contribution in [3.05, 3.63) is 57.1 Å². The number of H-pyrrole nitrogens is 1. The maximum Gasteiger partial charge on any atom is 0.264 e. The Bertz CT molecular complexity index is 1270. The fraction of sp³-hybridized carbons (Fsp3) is 0.333. The molecule has 1 N–H and O–H groups in total. The third kappa shape index (κ3) is 3.67. The van der Waals surface area contributed by atoms with Crippen LogP contribution in [0.25, 0.3) is 21.1 Å². The van der Waals surface area contributed by atoms with Crippen LogP contribution in [-0.2, 0) is 13.1 Å². The molecule has 0 aliphatic rings. The van der Waals surface area contributed by atoms with E-state index in [0.717, 1.165) is 22.5 Å². The normalized spacial score (nSPS) is 11.6. The average molecular weight is 410 g/mol. The molecule has 3 heterocycles. The molecule has 0 aliphatic heterocycles. The predicted molar refractivity (Wildman–Crippen MR) is 115 cm³/mol. The third-order valence-electron chi connectivity index (χ3n) is 4.75. The van der Waals surface area contributed by atoms with E-state index in [1.807, 2.05) is 23.7 Å². The first kappa shape index (κ1) is 19.3. The Morgan fingerprint density at radius 2 is 2.03 bits per heavy atom. The highest BCUT2D eigenvalue weighted by Gasteiger charge is 2.20. The molecule has 0 radical (unpaired) electrons. The molecule has 4 rings (SSSR count). The van der Waals surface area contributed by atoms with E-state index >= 15 is 0 Å². The molecule has 0 atom stereocenters. The Balaban J connectivity index is 1.60. The molecular formula is C21H23N5O2S. The molecule has 0 fully saturated rings. The Morgan fingerprint density at radius 3 is 2.79 bits per heavy atom. The van der Waals surface area contributed by atoms with E-state index in [4.69, 9.17) is 0 Å². The van der Waals surface area contributed by atoms with Crippen molar-refractivity contribution in [2.45, 2.75) is 33.9 Å². The van der Waals surface area contributed by atoms with Gasteiger partial charge in [0, 0.05) is 19.0 Å². The number of fused-ring (bicyclic) bond motifs is 2. The highest BCUT2D eigenvalue weighted by Crippen LogP contribution is 2.29. The van der Waals surface area contributed by atoms with Gasteiger partial charge in [-0.05, 0) is 31.0 Å². The fourth-order valence-corrected chi connectivity index (χ4v) is 4.55. The maximum atomic E-state index is 13.0. The Hall–Kier alpha value is -3.00. The zero-order valence-corrected chi connectivity index (χ0v) is 17.7. The number of aryl methyl sites for hydroxylation is 1. The van der Waals surface area contributed by atoms with Crippen LogP contribution in [0.15, 0.2) is 35.1 Å². The van der Waals surface area contributed by atoms with Gasteiger partial charge in [0.1, 0.15) is 10.7 Å². The van der Waals surface area contributed by atoms with Crippen LogP contribution in [-0.4, -0.2) is 37.6 Å². The number of benzene rings is 1. The largest absolute Gasteiger partial charge is 0.334 e. The van der Waals surface area contributed by atoms with Crippen LogP contribution in [0.1, 0.15) is 35.0 Å². The van der Waals surface area contributed by atoms with E-state index in [0.29, 0.717) is 27.5 Å². The highest BCUT2D eigenvalue weighted by molar-refractivity contribution is 7.20. The summed E-state index contributed by atoms with van der Waals surface area (Å²) in [6.07, 6.45) is 0. The molecular weight excluding hydrogens is 386 g/mol. The van der Waals surface area contributed by atoms with Crippen molar-refractivity contribution in [3.63, 3.8) is 0 Å². The third-order valence-corrected chi connectivity index (χ3v) is 5.89. The molecule has 1 amide bonds. The minimum atomic E-state index is -0.197. The van der Waals surface area contributed by atoms with Gasteiger partial charge in [-0.1, -0.05) is 26.0 Å². The summed E-state index contributed by atoms with van der Waals surface area (Å²) >= 11 is 1.46. The van der Waals surface area contributed by atoms with Crippen molar-refractivity contribution in [3.8, 4) is 0 Å². The number of carbonyl (C=O) groups excluding carboxylic acids is 1. The van der Waals surface area contributed by atoms with E-state index in [-0.39, 0.29) is 18.0 Å². The van der Waals surface area contributed by atoms with Gasteiger partial charge in [-0.15, -0.1) is 11.3 Å². The lowest BCUT2D eigenvalue weighted by atomic mass is 10.2. The zero-order chi connectivity index (χ0) is 20.7. The molecule has 0 spiro atoms. The molecule has 0 unspecified atom stereocenters. The SMILES string of the molecule is Cc1nn(CC(C)C)c2sc(C(=O)N(C)Cc3nc4ccccc4c(=O)[nH]3)cc12. The predicted octanol–water partition coefficient (Wildman–Crippen LogP) is 3.57. The summed E-state index contributed by atoms with van der Waals surface area (Å²) in [5.74, 6) is 0.836. The monoisotopic (exact) mass is 409 g/mol. The number of thiophene rings is 1. The molecule has 8 heteroatoms. The lowest BCUT2D eigenvalue weighted by Gasteiger charge is -2.15. The smallest absolute Gasteiger partial charge is 0.264 e. The molecule has 0 aliphatic carbocycles. The van der Waals surface area contributed by atoms with Gasteiger partial charge in [0.15, 0.2) is 0 Å². The van der Waals surface area contributed by atoms with Crippen LogP contribution >= 0.6 is 11.3 Å². The number of aromatic amines is 1. The number of rotatable bonds is 5. The summed E-state index contributed by atoms with van der Waals surface area (Å²) in [7, 11) is 1.72. The number of aromatic nitrogens is 4. The second-order valence-corrected chi connectivity index (χ2v) is 8.71. The van der Waals surface area contributed by atoms with Crippen molar-refractivity contribution < 1.29 is 4.79 Å². The van der Waals surface area contributed by atoms with Gasteiger partial charge in [-0.3, -0.25) is 14.3 Å². The van der Waals surface area contributed by atoms with Gasteiger partial charge in [-0.25, -0.2) is 4.98 Å². The van der Waals surface area contributed by atoms with Gasteiger partial charge >= 0.3 is 0 Å². The quantitative estimate of drug-likeness (QED) is 0.546. The lowest BCUT2D eigenvalue weighted by Crippen LogP contribution is -2.27. The molecule has 0 bridgehead atoms. The molecule has 1 aromatic carbocycles. The Labute approximate surface area is 172 Å². The van der Waals surface area contributed by atoms with Crippen molar-refractivity contribution in [1.82, 2.24) is 24.6 Å².